The van der Waals surface area contributed by atoms with Crippen LogP contribution in [0, 0.1) is 0 Å². The van der Waals surface area contributed by atoms with E-state index in [1.807, 2.05) is 31.2 Å². The number of rotatable bonds is 7. The molecule has 0 fully saturated rings. The molecule has 0 unspecified atom stereocenters. The Morgan fingerprint density at radius 2 is 2.11 bits per heavy atom. The van der Waals surface area contributed by atoms with Crippen molar-refractivity contribution in [2.75, 3.05) is 26.9 Å². The predicted octanol–water partition coefficient (Wildman–Crippen LogP) is 2.37. The monoisotopic (exact) mass is 260 g/mol. The molecule has 2 rings (SSSR count). The molecule has 1 aromatic carbocycles. The molecule has 1 heterocycles. The molecule has 0 saturated carbocycles. The summed E-state index contributed by atoms with van der Waals surface area (Å²) in [6.45, 7) is 4.97. The minimum atomic E-state index is 0.681. The number of pyridine rings is 1. The first kappa shape index (κ1) is 13.8. The molecule has 4 heteroatoms. The van der Waals surface area contributed by atoms with Gasteiger partial charge in [-0.25, -0.2) is 0 Å². The highest BCUT2D eigenvalue weighted by atomic mass is 16.5. The van der Waals surface area contributed by atoms with Crippen LogP contribution < -0.4 is 10.1 Å². The van der Waals surface area contributed by atoms with Crippen LogP contribution in [0.2, 0.25) is 0 Å². The molecule has 102 valence electrons. The van der Waals surface area contributed by atoms with Crippen molar-refractivity contribution >= 4 is 10.9 Å². The van der Waals surface area contributed by atoms with Crippen LogP contribution in [0.3, 0.4) is 0 Å². The molecule has 0 spiro atoms. The molecule has 19 heavy (non-hydrogen) atoms. The Labute approximate surface area is 113 Å². The van der Waals surface area contributed by atoms with E-state index in [4.69, 9.17) is 9.47 Å². The fourth-order valence-electron chi connectivity index (χ4n) is 1.89. The van der Waals surface area contributed by atoms with Crippen LogP contribution in [-0.4, -0.2) is 31.9 Å². The number of aromatic nitrogens is 1. The van der Waals surface area contributed by atoms with E-state index in [1.54, 1.807) is 7.11 Å². The molecule has 2 aromatic rings. The molecule has 1 aromatic heterocycles. The quantitative estimate of drug-likeness (QED) is 0.776. The van der Waals surface area contributed by atoms with Crippen LogP contribution in [-0.2, 0) is 11.3 Å². The number of methoxy groups -OCH3 is 1. The van der Waals surface area contributed by atoms with Crippen molar-refractivity contribution in [1.29, 1.82) is 0 Å². The van der Waals surface area contributed by atoms with Crippen LogP contribution in [0.25, 0.3) is 10.9 Å². The van der Waals surface area contributed by atoms with Gasteiger partial charge in [0.05, 0.1) is 24.4 Å². The summed E-state index contributed by atoms with van der Waals surface area (Å²) in [7, 11) is 1.70. The van der Waals surface area contributed by atoms with Crippen molar-refractivity contribution in [3.8, 4) is 5.75 Å². The Morgan fingerprint density at radius 3 is 2.89 bits per heavy atom. The maximum Gasteiger partial charge on any atom is 0.120 e. The van der Waals surface area contributed by atoms with Crippen LogP contribution in [0.1, 0.15) is 12.6 Å². The van der Waals surface area contributed by atoms with Crippen molar-refractivity contribution in [2.45, 2.75) is 13.5 Å². The number of hydrogen-bond donors (Lipinski definition) is 1. The fourth-order valence-corrected chi connectivity index (χ4v) is 1.89. The Kier molecular flexibility index (Phi) is 5.12. The van der Waals surface area contributed by atoms with E-state index >= 15 is 0 Å². The molecular weight excluding hydrogens is 240 g/mol. The topological polar surface area (TPSA) is 43.4 Å². The largest absolute Gasteiger partial charge is 0.494 e. The van der Waals surface area contributed by atoms with E-state index in [0.29, 0.717) is 13.2 Å². The summed E-state index contributed by atoms with van der Waals surface area (Å²) < 4.78 is 10.5. The van der Waals surface area contributed by atoms with Gasteiger partial charge in [0.1, 0.15) is 5.75 Å². The number of benzene rings is 1. The van der Waals surface area contributed by atoms with Crippen molar-refractivity contribution in [1.82, 2.24) is 10.3 Å². The molecule has 0 bridgehead atoms. The van der Waals surface area contributed by atoms with E-state index in [2.05, 4.69) is 16.4 Å². The molecule has 0 aliphatic rings. The lowest BCUT2D eigenvalue weighted by Crippen LogP contribution is -2.19. The lowest BCUT2D eigenvalue weighted by atomic mass is 10.2. The van der Waals surface area contributed by atoms with Gasteiger partial charge in [0, 0.05) is 25.6 Å². The van der Waals surface area contributed by atoms with Gasteiger partial charge in [-0.05, 0) is 31.2 Å². The standard InChI is InChI=1S/C15H20N2O2/c1-3-19-14-6-7-15-12(10-14)4-5-13(17-15)11-16-8-9-18-2/h4-7,10,16H,3,8-9,11H2,1-2H3. The second kappa shape index (κ2) is 7.07. The third kappa shape index (κ3) is 3.91. The van der Waals surface area contributed by atoms with E-state index in [-0.39, 0.29) is 0 Å². The Hall–Kier alpha value is -1.65. The number of nitrogens with one attached hydrogen (secondary N) is 1. The molecule has 0 atom stereocenters. The summed E-state index contributed by atoms with van der Waals surface area (Å²) in [5.74, 6) is 0.891. The van der Waals surface area contributed by atoms with E-state index in [9.17, 15) is 0 Å². The molecule has 0 amide bonds. The lowest BCUT2D eigenvalue weighted by molar-refractivity contribution is 0.199. The average Bonchev–Trinajstić information content (AvgIpc) is 2.44. The third-order valence-corrected chi connectivity index (χ3v) is 2.82. The smallest absolute Gasteiger partial charge is 0.120 e. The normalized spacial score (nSPS) is 10.8. The summed E-state index contributed by atoms with van der Waals surface area (Å²) in [4.78, 5) is 4.62. The highest BCUT2D eigenvalue weighted by molar-refractivity contribution is 5.80. The molecule has 4 nitrogen and oxygen atoms in total. The SMILES string of the molecule is CCOc1ccc2nc(CNCCOC)ccc2c1. The van der Waals surface area contributed by atoms with Crippen LogP contribution in [0.5, 0.6) is 5.75 Å². The number of hydrogen-bond acceptors (Lipinski definition) is 4. The zero-order chi connectivity index (χ0) is 13.5. The van der Waals surface area contributed by atoms with Gasteiger partial charge in [-0.2, -0.15) is 0 Å². The van der Waals surface area contributed by atoms with Gasteiger partial charge in [-0.15, -0.1) is 0 Å². The summed E-state index contributed by atoms with van der Waals surface area (Å²) >= 11 is 0. The summed E-state index contributed by atoms with van der Waals surface area (Å²) in [6, 6.07) is 10.1. The third-order valence-electron chi connectivity index (χ3n) is 2.82. The first-order valence-corrected chi connectivity index (χ1v) is 6.55. The van der Waals surface area contributed by atoms with Gasteiger partial charge >= 0.3 is 0 Å². The Bertz CT molecular complexity index is 529. The minimum absolute atomic E-state index is 0.681. The van der Waals surface area contributed by atoms with E-state index in [1.165, 1.54) is 0 Å². The lowest BCUT2D eigenvalue weighted by Gasteiger charge is -2.07. The van der Waals surface area contributed by atoms with Gasteiger partial charge in [-0.1, -0.05) is 6.07 Å². The first-order chi connectivity index (χ1) is 9.33. The van der Waals surface area contributed by atoms with E-state index in [0.717, 1.165) is 35.4 Å². The molecule has 0 saturated heterocycles. The molecule has 1 N–H and O–H groups in total. The second-order valence-corrected chi connectivity index (χ2v) is 4.26. The fraction of sp³-hybridized carbons (Fsp3) is 0.400. The van der Waals surface area contributed by atoms with Gasteiger partial charge in [0.25, 0.3) is 0 Å². The molecule has 0 aliphatic carbocycles. The van der Waals surface area contributed by atoms with Crippen molar-refractivity contribution in [2.24, 2.45) is 0 Å². The van der Waals surface area contributed by atoms with Crippen LogP contribution >= 0.6 is 0 Å². The zero-order valence-electron chi connectivity index (χ0n) is 11.5. The molecular formula is C15H20N2O2. The number of nitrogens with zero attached hydrogens (tertiary/aromatic N) is 1. The van der Waals surface area contributed by atoms with Crippen molar-refractivity contribution in [3.05, 3.63) is 36.0 Å². The molecule has 0 aliphatic heterocycles. The van der Waals surface area contributed by atoms with E-state index < -0.39 is 0 Å². The minimum Gasteiger partial charge on any atom is -0.494 e. The Balaban J connectivity index is 2.06. The maximum absolute atomic E-state index is 5.48. The molecule has 0 radical (unpaired) electrons. The van der Waals surface area contributed by atoms with Gasteiger partial charge in [-0.3, -0.25) is 4.98 Å². The van der Waals surface area contributed by atoms with Gasteiger partial charge in [0.2, 0.25) is 0 Å². The van der Waals surface area contributed by atoms with Crippen molar-refractivity contribution < 1.29 is 9.47 Å². The summed E-state index contributed by atoms with van der Waals surface area (Å²) in [6.07, 6.45) is 0. The summed E-state index contributed by atoms with van der Waals surface area (Å²) in [5, 5.41) is 4.39. The maximum atomic E-state index is 5.48. The van der Waals surface area contributed by atoms with Gasteiger partial charge in [0.15, 0.2) is 0 Å². The average molecular weight is 260 g/mol. The van der Waals surface area contributed by atoms with Crippen molar-refractivity contribution in [3.63, 3.8) is 0 Å². The second-order valence-electron chi connectivity index (χ2n) is 4.26. The van der Waals surface area contributed by atoms with Crippen LogP contribution in [0.15, 0.2) is 30.3 Å². The number of fused-ring (bicyclic) bond motifs is 1. The number of ether oxygens (including phenoxy) is 2. The summed E-state index contributed by atoms with van der Waals surface area (Å²) in [5.41, 5.74) is 2.03. The zero-order valence-corrected chi connectivity index (χ0v) is 11.5. The highest BCUT2D eigenvalue weighted by Gasteiger charge is 2.00. The predicted molar refractivity (Wildman–Crippen MR) is 76.5 cm³/mol. The highest BCUT2D eigenvalue weighted by Crippen LogP contribution is 2.19. The van der Waals surface area contributed by atoms with Gasteiger partial charge < -0.3 is 14.8 Å². The Morgan fingerprint density at radius 1 is 1.21 bits per heavy atom. The van der Waals surface area contributed by atoms with Crippen LogP contribution in [0.4, 0.5) is 0 Å². The first-order valence-electron chi connectivity index (χ1n) is 6.55.